The fourth-order valence-corrected chi connectivity index (χ4v) is 4.43. The summed E-state index contributed by atoms with van der Waals surface area (Å²) < 4.78 is 27.6. The first-order chi connectivity index (χ1) is 16.6. The molecule has 5 rings (SSSR count). The number of halogens is 1. The minimum absolute atomic E-state index is 0.0680. The summed E-state index contributed by atoms with van der Waals surface area (Å²) in [6.07, 6.45) is 4.64. The summed E-state index contributed by atoms with van der Waals surface area (Å²) in [5.74, 6) is 1.20. The number of rotatable bonds is 9. The van der Waals surface area contributed by atoms with Crippen LogP contribution in [0.25, 0.3) is 5.69 Å². The van der Waals surface area contributed by atoms with Gasteiger partial charge >= 0.3 is 0 Å². The molecular weight excluding hydrogens is 433 g/mol. The standard InChI is InChI=1S/C27H30FN3O3/c1-2-25-24(18-30(26(32)19-10-11-19)17-23-9-6-16-33-23)27(34-22-7-4-3-5-8-22)31(29-25)21-14-12-20(28)13-15-21/h3-5,7-8,12-15,19,23H,2,6,9-11,16-18H2,1H3. The average Bonchev–Trinajstić information content (AvgIpc) is 3.48. The highest BCUT2D eigenvalue weighted by molar-refractivity contribution is 5.81. The molecule has 1 aromatic heterocycles. The quantitative estimate of drug-likeness (QED) is 0.433. The molecule has 1 unspecified atom stereocenters. The highest BCUT2D eigenvalue weighted by atomic mass is 19.1. The summed E-state index contributed by atoms with van der Waals surface area (Å²) in [4.78, 5) is 15.2. The number of carbonyl (C=O) groups is 1. The molecule has 0 spiro atoms. The monoisotopic (exact) mass is 463 g/mol. The number of benzene rings is 2. The highest BCUT2D eigenvalue weighted by Gasteiger charge is 2.36. The van der Waals surface area contributed by atoms with Crippen molar-refractivity contribution in [3.63, 3.8) is 0 Å². The van der Waals surface area contributed by atoms with Crippen molar-refractivity contribution in [2.45, 2.75) is 51.7 Å². The molecule has 1 aliphatic heterocycles. The van der Waals surface area contributed by atoms with E-state index >= 15 is 0 Å². The maximum atomic E-state index is 13.6. The van der Waals surface area contributed by atoms with Crippen LogP contribution in [0.3, 0.4) is 0 Å². The predicted molar refractivity (Wildman–Crippen MR) is 127 cm³/mol. The molecular formula is C27H30FN3O3. The van der Waals surface area contributed by atoms with Crippen molar-refractivity contribution >= 4 is 5.91 Å². The van der Waals surface area contributed by atoms with Gasteiger partial charge in [-0.15, -0.1) is 0 Å². The molecule has 178 valence electrons. The van der Waals surface area contributed by atoms with Crippen molar-refractivity contribution in [1.82, 2.24) is 14.7 Å². The van der Waals surface area contributed by atoms with Crippen molar-refractivity contribution in [1.29, 1.82) is 0 Å². The zero-order chi connectivity index (χ0) is 23.5. The third-order valence-corrected chi connectivity index (χ3v) is 6.42. The molecule has 34 heavy (non-hydrogen) atoms. The van der Waals surface area contributed by atoms with Gasteiger partial charge in [0.15, 0.2) is 0 Å². The number of hydrogen-bond donors (Lipinski definition) is 0. The summed E-state index contributed by atoms with van der Waals surface area (Å²) >= 11 is 0. The smallest absolute Gasteiger partial charge is 0.227 e. The predicted octanol–water partition coefficient (Wildman–Crippen LogP) is 5.28. The SMILES string of the molecule is CCc1nn(-c2ccc(F)cc2)c(Oc2ccccc2)c1CN(CC1CCCO1)C(=O)C1CC1. The Hall–Kier alpha value is -3.19. The maximum Gasteiger partial charge on any atom is 0.227 e. The summed E-state index contributed by atoms with van der Waals surface area (Å²) in [6, 6.07) is 15.7. The molecule has 3 aromatic rings. The van der Waals surface area contributed by atoms with E-state index < -0.39 is 0 Å². The summed E-state index contributed by atoms with van der Waals surface area (Å²) in [5, 5.41) is 4.83. The Labute approximate surface area is 199 Å². The van der Waals surface area contributed by atoms with E-state index in [1.165, 1.54) is 12.1 Å². The van der Waals surface area contributed by atoms with Crippen LogP contribution in [0.4, 0.5) is 4.39 Å². The van der Waals surface area contributed by atoms with Crippen LogP contribution in [0.15, 0.2) is 54.6 Å². The van der Waals surface area contributed by atoms with E-state index in [9.17, 15) is 9.18 Å². The lowest BCUT2D eigenvalue weighted by Crippen LogP contribution is -2.38. The van der Waals surface area contributed by atoms with Crippen LogP contribution in [0.1, 0.15) is 43.9 Å². The summed E-state index contributed by atoms with van der Waals surface area (Å²) in [5.41, 5.74) is 2.44. The van der Waals surface area contributed by atoms with E-state index in [0.717, 1.165) is 43.5 Å². The van der Waals surface area contributed by atoms with Gasteiger partial charge in [-0.25, -0.2) is 9.07 Å². The Kier molecular flexibility index (Phi) is 6.63. The van der Waals surface area contributed by atoms with E-state index in [-0.39, 0.29) is 23.7 Å². The van der Waals surface area contributed by atoms with Crippen molar-refractivity contribution in [2.75, 3.05) is 13.2 Å². The zero-order valence-electron chi connectivity index (χ0n) is 19.5. The fourth-order valence-electron chi connectivity index (χ4n) is 4.43. The van der Waals surface area contributed by atoms with Crippen LogP contribution < -0.4 is 4.74 Å². The largest absolute Gasteiger partial charge is 0.439 e. The van der Waals surface area contributed by atoms with Crippen molar-refractivity contribution in [2.24, 2.45) is 5.92 Å². The van der Waals surface area contributed by atoms with Gasteiger partial charge in [0.2, 0.25) is 11.8 Å². The zero-order valence-corrected chi connectivity index (χ0v) is 19.5. The molecule has 1 atom stereocenters. The molecule has 0 radical (unpaired) electrons. The van der Waals surface area contributed by atoms with Crippen molar-refractivity contribution in [3.05, 3.63) is 71.7 Å². The molecule has 2 aromatic carbocycles. The molecule has 1 saturated carbocycles. The maximum absolute atomic E-state index is 13.6. The molecule has 7 heteroatoms. The average molecular weight is 464 g/mol. The molecule has 6 nitrogen and oxygen atoms in total. The number of aryl methyl sites for hydroxylation is 1. The van der Waals surface area contributed by atoms with Gasteiger partial charge < -0.3 is 14.4 Å². The normalized spacial score (nSPS) is 17.6. The van der Waals surface area contributed by atoms with Gasteiger partial charge in [-0.05, 0) is 68.5 Å². The highest BCUT2D eigenvalue weighted by Crippen LogP contribution is 2.35. The van der Waals surface area contributed by atoms with Gasteiger partial charge in [0.05, 0.1) is 29.6 Å². The summed E-state index contributed by atoms with van der Waals surface area (Å²) in [7, 11) is 0. The van der Waals surface area contributed by atoms with E-state index in [0.29, 0.717) is 36.8 Å². The minimum atomic E-state index is -0.310. The Bertz CT molecular complexity index is 1120. The number of hydrogen-bond acceptors (Lipinski definition) is 4. The number of para-hydroxylation sites is 1. The van der Waals surface area contributed by atoms with Crippen molar-refractivity contribution < 1.29 is 18.7 Å². The van der Waals surface area contributed by atoms with Crippen LogP contribution in [-0.2, 0) is 22.5 Å². The third kappa shape index (κ3) is 4.99. The van der Waals surface area contributed by atoms with Crippen LogP contribution >= 0.6 is 0 Å². The number of ether oxygens (including phenoxy) is 2. The van der Waals surface area contributed by atoms with Gasteiger partial charge in [-0.3, -0.25) is 4.79 Å². The number of nitrogens with zero attached hydrogens (tertiary/aromatic N) is 3. The van der Waals surface area contributed by atoms with E-state index in [1.807, 2.05) is 42.2 Å². The first-order valence-electron chi connectivity index (χ1n) is 12.1. The van der Waals surface area contributed by atoms with Crippen LogP contribution in [0.5, 0.6) is 11.6 Å². The van der Waals surface area contributed by atoms with Gasteiger partial charge in [0, 0.05) is 19.1 Å². The lowest BCUT2D eigenvalue weighted by molar-refractivity contribution is -0.134. The Morgan fingerprint density at radius 2 is 1.91 bits per heavy atom. The number of carbonyl (C=O) groups excluding carboxylic acids is 1. The Morgan fingerprint density at radius 1 is 1.15 bits per heavy atom. The molecule has 1 aliphatic carbocycles. The fraction of sp³-hybridized carbons (Fsp3) is 0.407. The van der Waals surface area contributed by atoms with Gasteiger partial charge in [0.1, 0.15) is 11.6 Å². The van der Waals surface area contributed by atoms with Gasteiger partial charge in [-0.1, -0.05) is 25.1 Å². The Morgan fingerprint density at radius 3 is 2.56 bits per heavy atom. The lowest BCUT2D eigenvalue weighted by atomic mass is 10.1. The topological polar surface area (TPSA) is 56.6 Å². The van der Waals surface area contributed by atoms with Gasteiger partial charge in [0.25, 0.3) is 0 Å². The molecule has 2 aliphatic rings. The van der Waals surface area contributed by atoms with E-state index in [1.54, 1.807) is 16.8 Å². The van der Waals surface area contributed by atoms with Crippen LogP contribution in [0, 0.1) is 11.7 Å². The molecule has 0 bridgehead atoms. The molecule has 1 amide bonds. The first-order valence-corrected chi connectivity index (χ1v) is 12.1. The lowest BCUT2D eigenvalue weighted by Gasteiger charge is -2.26. The second-order valence-corrected chi connectivity index (χ2v) is 9.02. The molecule has 2 heterocycles. The first kappa shape index (κ1) is 22.6. The Balaban J connectivity index is 1.54. The van der Waals surface area contributed by atoms with Gasteiger partial charge in [-0.2, -0.15) is 5.10 Å². The summed E-state index contributed by atoms with van der Waals surface area (Å²) in [6.45, 7) is 3.77. The second-order valence-electron chi connectivity index (χ2n) is 9.02. The number of aromatic nitrogens is 2. The molecule has 2 fully saturated rings. The third-order valence-electron chi connectivity index (χ3n) is 6.42. The molecule has 1 saturated heterocycles. The van der Waals surface area contributed by atoms with Crippen molar-refractivity contribution in [3.8, 4) is 17.3 Å². The van der Waals surface area contributed by atoms with E-state index in [2.05, 4.69) is 0 Å². The second kappa shape index (κ2) is 9.97. The van der Waals surface area contributed by atoms with E-state index in [4.69, 9.17) is 14.6 Å². The van der Waals surface area contributed by atoms with Crippen LogP contribution in [0.2, 0.25) is 0 Å². The van der Waals surface area contributed by atoms with Crippen LogP contribution in [-0.4, -0.2) is 39.8 Å². The minimum Gasteiger partial charge on any atom is -0.439 e. The number of amides is 1. The molecule has 0 N–H and O–H groups in total.